The number of nitrogens with two attached hydrogens (primary N) is 1. The van der Waals surface area contributed by atoms with Crippen LogP contribution < -0.4 is 15.2 Å². The third-order valence-electron chi connectivity index (χ3n) is 2.07. The molecule has 0 fully saturated rings. The zero-order valence-corrected chi connectivity index (χ0v) is 10.4. The van der Waals surface area contributed by atoms with E-state index in [0.717, 1.165) is 18.2 Å². The molecule has 0 spiro atoms. The first-order chi connectivity index (χ1) is 8.24. The van der Waals surface area contributed by atoms with Crippen molar-refractivity contribution in [3.8, 4) is 11.5 Å². The summed E-state index contributed by atoms with van der Waals surface area (Å²) in [6.07, 6.45) is -7.83. The molecular weight excluding hydrogens is 297 g/mol. The number of halogens is 6. The lowest BCUT2D eigenvalue weighted by Crippen LogP contribution is -2.21. The quantitative estimate of drug-likeness (QED) is 0.868. The van der Waals surface area contributed by atoms with Gasteiger partial charge in [0.15, 0.2) is 0 Å². The Kier molecular flexibility index (Phi) is 6.31. The Morgan fingerprint density at radius 3 is 2.21 bits per heavy atom. The smallest absolute Gasteiger partial charge is 0.496 e. The molecule has 0 unspecified atom stereocenters. The highest BCUT2D eigenvalue weighted by atomic mass is 35.5. The van der Waals surface area contributed by atoms with Gasteiger partial charge in [0.1, 0.15) is 11.5 Å². The van der Waals surface area contributed by atoms with Gasteiger partial charge in [-0.05, 0) is 18.2 Å². The van der Waals surface area contributed by atoms with Crippen molar-refractivity contribution in [2.24, 2.45) is 5.73 Å². The van der Waals surface area contributed by atoms with Gasteiger partial charge in [-0.3, -0.25) is 0 Å². The molecule has 0 radical (unpaired) electrons. The van der Waals surface area contributed by atoms with E-state index < -0.39 is 24.6 Å². The van der Waals surface area contributed by atoms with Gasteiger partial charge in [0.25, 0.3) is 6.43 Å². The molecule has 0 amide bonds. The minimum Gasteiger partial charge on any atom is -0.496 e. The van der Waals surface area contributed by atoms with E-state index in [0.29, 0.717) is 0 Å². The molecule has 3 nitrogen and oxygen atoms in total. The predicted molar refractivity (Wildman–Crippen MR) is 59.9 cm³/mol. The molecule has 0 aromatic heterocycles. The highest BCUT2D eigenvalue weighted by Crippen LogP contribution is 2.33. The molecule has 0 aliphatic rings. The minimum atomic E-state index is -4.90. The van der Waals surface area contributed by atoms with Crippen LogP contribution in [0.2, 0.25) is 0 Å². The topological polar surface area (TPSA) is 44.5 Å². The van der Waals surface area contributed by atoms with Crippen LogP contribution in [0.5, 0.6) is 11.5 Å². The van der Waals surface area contributed by atoms with Crippen LogP contribution in [0.1, 0.15) is 11.6 Å². The molecule has 0 saturated heterocycles. The van der Waals surface area contributed by atoms with E-state index in [4.69, 9.17) is 10.5 Å². The average molecular weight is 308 g/mol. The molecule has 1 aromatic rings. The van der Waals surface area contributed by atoms with Gasteiger partial charge < -0.3 is 15.2 Å². The largest absolute Gasteiger partial charge is 0.573 e. The lowest BCUT2D eigenvalue weighted by molar-refractivity contribution is -0.274. The summed E-state index contributed by atoms with van der Waals surface area (Å²) in [4.78, 5) is 0. The zero-order valence-electron chi connectivity index (χ0n) is 9.58. The minimum absolute atomic E-state index is 0. The molecule has 0 saturated carbocycles. The van der Waals surface area contributed by atoms with Crippen LogP contribution in [0, 0.1) is 0 Å². The number of methoxy groups -OCH3 is 1. The van der Waals surface area contributed by atoms with E-state index in [-0.39, 0.29) is 23.7 Å². The first-order valence-electron chi connectivity index (χ1n) is 4.72. The number of rotatable bonds is 4. The summed E-state index contributed by atoms with van der Waals surface area (Å²) in [5, 5.41) is 0. The fourth-order valence-corrected chi connectivity index (χ4v) is 1.31. The average Bonchev–Trinajstić information content (AvgIpc) is 2.25. The summed E-state index contributed by atoms with van der Waals surface area (Å²) in [6.45, 7) is 0. The van der Waals surface area contributed by atoms with Gasteiger partial charge in [0.05, 0.1) is 13.2 Å². The summed E-state index contributed by atoms with van der Waals surface area (Å²) in [5.74, 6) is -0.660. The summed E-state index contributed by atoms with van der Waals surface area (Å²) in [5.41, 5.74) is 4.92. The summed E-state index contributed by atoms with van der Waals surface area (Å²) in [6, 6.07) is 1.06. The highest BCUT2D eigenvalue weighted by molar-refractivity contribution is 5.85. The molecular formula is C10H11ClF5NO2. The van der Waals surface area contributed by atoms with Gasteiger partial charge in [0.2, 0.25) is 0 Å². The third kappa shape index (κ3) is 5.07. The number of hydrogen-bond donors (Lipinski definition) is 1. The Morgan fingerprint density at radius 1 is 1.21 bits per heavy atom. The third-order valence-corrected chi connectivity index (χ3v) is 2.07. The van der Waals surface area contributed by atoms with Gasteiger partial charge >= 0.3 is 6.36 Å². The molecule has 1 atom stereocenters. The Hall–Kier alpha value is -1.28. The van der Waals surface area contributed by atoms with Crippen LogP contribution in [0.25, 0.3) is 0 Å². The van der Waals surface area contributed by atoms with Crippen molar-refractivity contribution in [1.82, 2.24) is 0 Å². The molecule has 19 heavy (non-hydrogen) atoms. The number of alkyl halides is 5. The van der Waals surface area contributed by atoms with Crippen LogP contribution in [-0.2, 0) is 0 Å². The van der Waals surface area contributed by atoms with E-state index in [1.807, 2.05) is 0 Å². The molecule has 9 heteroatoms. The highest BCUT2D eigenvalue weighted by Gasteiger charge is 2.32. The predicted octanol–water partition coefficient (Wildman–Crippen LogP) is 3.28. The Morgan fingerprint density at radius 2 is 1.79 bits per heavy atom. The maximum atomic E-state index is 12.5. The van der Waals surface area contributed by atoms with Gasteiger partial charge in [-0.25, -0.2) is 8.78 Å². The fraction of sp³-hybridized carbons (Fsp3) is 0.400. The summed E-state index contributed by atoms with van der Waals surface area (Å²) in [7, 11) is 1.20. The summed E-state index contributed by atoms with van der Waals surface area (Å²) < 4.78 is 69.2. The Labute approximate surface area is 111 Å². The number of ether oxygens (including phenoxy) is 2. The standard InChI is InChI=1S/C10H10F5NO2.ClH/c1-17-7-3-2-5(18-10(13,14)15)4-6(7)8(16)9(11)12;/h2-4,8-9H,16H2,1H3;1H/t8-;/m1./s1. The number of hydrogen-bond acceptors (Lipinski definition) is 3. The van der Waals surface area contributed by atoms with Gasteiger partial charge in [0, 0.05) is 5.56 Å². The molecule has 0 bridgehead atoms. The maximum Gasteiger partial charge on any atom is 0.573 e. The lowest BCUT2D eigenvalue weighted by atomic mass is 10.1. The zero-order chi connectivity index (χ0) is 13.9. The van der Waals surface area contributed by atoms with Crippen molar-refractivity contribution >= 4 is 12.4 Å². The molecule has 0 aliphatic heterocycles. The van der Waals surface area contributed by atoms with Crippen molar-refractivity contribution in [1.29, 1.82) is 0 Å². The van der Waals surface area contributed by atoms with Crippen molar-refractivity contribution < 1.29 is 31.4 Å². The Bertz CT molecular complexity index is 413. The fourth-order valence-electron chi connectivity index (χ4n) is 1.31. The first-order valence-corrected chi connectivity index (χ1v) is 4.72. The van der Waals surface area contributed by atoms with Crippen molar-refractivity contribution in [2.75, 3.05) is 7.11 Å². The second-order valence-corrected chi connectivity index (χ2v) is 3.31. The molecule has 0 aliphatic carbocycles. The van der Waals surface area contributed by atoms with Gasteiger partial charge in [-0.15, -0.1) is 25.6 Å². The van der Waals surface area contributed by atoms with Crippen molar-refractivity contribution in [2.45, 2.75) is 18.8 Å². The second-order valence-electron chi connectivity index (χ2n) is 3.31. The van der Waals surface area contributed by atoms with Crippen LogP contribution in [-0.4, -0.2) is 19.9 Å². The van der Waals surface area contributed by atoms with Gasteiger partial charge in [-0.1, -0.05) is 0 Å². The Balaban J connectivity index is 0.00000324. The van der Waals surface area contributed by atoms with Crippen molar-refractivity contribution in [3.63, 3.8) is 0 Å². The van der Waals surface area contributed by atoms with E-state index in [1.54, 1.807) is 0 Å². The molecule has 0 heterocycles. The maximum absolute atomic E-state index is 12.5. The van der Waals surface area contributed by atoms with Crippen LogP contribution in [0.15, 0.2) is 18.2 Å². The molecule has 2 N–H and O–H groups in total. The summed E-state index contributed by atoms with van der Waals surface area (Å²) >= 11 is 0. The van der Waals surface area contributed by atoms with Crippen LogP contribution in [0.4, 0.5) is 22.0 Å². The normalized spacial score (nSPS) is 12.8. The van der Waals surface area contributed by atoms with E-state index in [9.17, 15) is 22.0 Å². The van der Waals surface area contributed by atoms with E-state index in [1.165, 1.54) is 7.11 Å². The molecule has 1 aromatic carbocycles. The number of benzene rings is 1. The van der Waals surface area contributed by atoms with E-state index in [2.05, 4.69) is 4.74 Å². The monoisotopic (exact) mass is 307 g/mol. The molecule has 110 valence electrons. The van der Waals surface area contributed by atoms with E-state index >= 15 is 0 Å². The van der Waals surface area contributed by atoms with Crippen molar-refractivity contribution in [3.05, 3.63) is 23.8 Å². The van der Waals surface area contributed by atoms with Crippen LogP contribution in [0.3, 0.4) is 0 Å². The van der Waals surface area contributed by atoms with Crippen LogP contribution >= 0.6 is 12.4 Å². The SMILES string of the molecule is COc1ccc(OC(F)(F)F)cc1[C@@H](N)C(F)F.Cl. The van der Waals surface area contributed by atoms with Gasteiger partial charge in [-0.2, -0.15) is 0 Å². The second kappa shape index (κ2) is 6.76. The first kappa shape index (κ1) is 17.7. The molecule has 1 rings (SSSR count). The lowest BCUT2D eigenvalue weighted by Gasteiger charge is -2.17.